The summed E-state index contributed by atoms with van der Waals surface area (Å²) in [5.41, 5.74) is 4.78. The molecule has 1 unspecified atom stereocenters. The van der Waals surface area contributed by atoms with Gasteiger partial charge in [0.25, 0.3) is 0 Å². The smallest absolute Gasteiger partial charge is 0.108 e. The van der Waals surface area contributed by atoms with Crippen LogP contribution in [0.2, 0.25) is 0 Å². The Balaban J connectivity index is 1.84. The number of morpholine rings is 1. The van der Waals surface area contributed by atoms with Crippen LogP contribution >= 0.6 is 0 Å². The molecule has 1 aliphatic heterocycles. The summed E-state index contributed by atoms with van der Waals surface area (Å²) in [5, 5.41) is 3.45. The average molecular weight is 245 g/mol. The molecule has 1 aromatic heterocycles. The van der Waals surface area contributed by atoms with Crippen LogP contribution in [0.3, 0.4) is 0 Å². The molecule has 0 bridgehead atoms. The number of aromatic amines is 1. The van der Waals surface area contributed by atoms with Gasteiger partial charge in [-0.2, -0.15) is 0 Å². The van der Waals surface area contributed by atoms with Gasteiger partial charge in [0.2, 0.25) is 0 Å². The van der Waals surface area contributed by atoms with Gasteiger partial charge in [-0.3, -0.25) is 0 Å². The van der Waals surface area contributed by atoms with E-state index in [-0.39, 0.29) is 0 Å². The van der Waals surface area contributed by atoms with E-state index in [0.29, 0.717) is 6.04 Å². The summed E-state index contributed by atoms with van der Waals surface area (Å²) in [6.07, 6.45) is 0.896. The first-order chi connectivity index (χ1) is 8.72. The number of nitrogens with one attached hydrogen (secondary N) is 2. The Bertz CT molecular complexity index is 516. The lowest BCUT2D eigenvalue weighted by atomic mass is 10.1. The number of aromatic nitrogens is 2. The van der Waals surface area contributed by atoms with Crippen LogP contribution in [0.1, 0.15) is 17.0 Å². The number of imidazole rings is 1. The molecule has 2 aromatic rings. The highest BCUT2D eigenvalue weighted by molar-refractivity contribution is 5.77. The molecule has 1 aliphatic rings. The van der Waals surface area contributed by atoms with Crippen LogP contribution < -0.4 is 5.32 Å². The van der Waals surface area contributed by atoms with Crippen molar-refractivity contribution in [2.75, 3.05) is 19.8 Å². The Labute approximate surface area is 107 Å². The van der Waals surface area contributed by atoms with Gasteiger partial charge in [-0.1, -0.05) is 0 Å². The van der Waals surface area contributed by atoms with Gasteiger partial charge in [-0.15, -0.1) is 0 Å². The molecule has 4 nitrogen and oxygen atoms in total. The third kappa shape index (κ3) is 2.26. The van der Waals surface area contributed by atoms with Gasteiger partial charge in [-0.25, -0.2) is 4.98 Å². The summed E-state index contributed by atoms with van der Waals surface area (Å²) in [4.78, 5) is 8.06. The van der Waals surface area contributed by atoms with Crippen molar-refractivity contribution >= 4 is 11.0 Å². The molecule has 18 heavy (non-hydrogen) atoms. The fraction of sp³-hybridized carbons (Fsp3) is 0.500. The topological polar surface area (TPSA) is 49.9 Å². The Morgan fingerprint density at radius 2 is 2.17 bits per heavy atom. The van der Waals surface area contributed by atoms with Crippen LogP contribution in [0, 0.1) is 13.8 Å². The highest BCUT2D eigenvalue weighted by Crippen LogP contribution is 2.18. The van der Waals surface area contributed by atoms with Gasteiger partial charge in [0.1, 0.15) is 5.82 Å². The molecular formula is C14H19N3O. The second kappa shape index (κ2) is 4.71. The maximum absolute atomic E-state index is 5.46. The van der Waals surface area contributed by atoms with Crippen LogP contribution in [0.15, 0.2) is 12.1 Å². The molecule has 0 saturated carbocycles. The van der Waals surface area contributed by atoms with Crippen molar-refractivity contribution in [1.82, 2.24) is 15.3 Å². The van der Waals surface area contributed by atoms with Crippen LogP contribution in [0.25, 0.3) is 11.0 Å². The van der Waals surface area contributed by atoms with E-state index < -0.39 is 0 Å². The molecule has 0 aliphatic carbocycles. The maximum atomic E-state index is 5.46. The molecule has 1 fully saturated rings. The average Bonchev–Trinajstić information content (AvgIpc) is 2.72. The van der Waals surface area contributed by atoms with Crippen LogP contribution in [0.4, 0.5) is 0 Å². The number of aryl methyl sites for hydroxylation is 2. The van der Waals surface area contributed by atoms with Crippen molar-refractivity contribution in [2.24, 2.45) is 0 Å². The summed E-state index contributed by atoms with van der Waals surface area (Å²) in [6.45, 7) is 6.78. The summed E-state index contributed by atoms with van der Waals surface area (Å²) in [5.74, 6) is 1.04. The number of fused-ring (bicyclic) bond motifs is 1. The maximum Gasteiger partial charge on any atom is 0.108 e. The summed E-state index contributed by atoms with van der Waals surface area (Å²) < 4.78 is 5.46. The second-order valence-electron chi connectivity index (χ2n) is 5.07. The number of H-pyrrole nitrogens is 1. The molecule has 96 valence electrons. The van der Waals surface area contributed by atoms with Crippen molar-refractivity contribution in [1.29, 1.82) is 0 Å². The van der Waals surface area contributed by atoms with Crippen molar-refractivity contribution in [3.63, 3.8) is 0 Å². The Morgan fingerprint density at radius 3 is 2.94 bits per heavy atom. The van der Waals surface area contributed by atoms with E-state index in [4.69, 9.17) is 4.74 Å². The second-order valence-corrected chi connectivity index (χ2v) is 5.07. The molecule has 3 rings (SSSR count). The molecule has 0 spiro atoms. The largest absolute Gasteiger partial charge is 0.379 e. The van der Waals surface area contributed by atoms with Crippen LogP contribution in [-0.4, -0.2) is 35.8 Å². The number of ether oxygens (including phenoxy) is 1. The number of hydrogen-bond donors (Lipinski definition) is 2. The van der Waals surface area contributed by atoms with Crippen molar-refractivity contribution in [2.45, 2.75) is 26.3 Å². The zero-order valence-electron chi connectivity index (χ0n) is 10.9. The monoisotopic (exact) mass is 245 g/mol. The first kappa shape index (κ1) is 11.7. The molecule has 1 saturated heterocycles. The third-order valence-electron chi connectivity index (χ3n) is 3.58. The van der Waals surface area contributed by atoms with E-state index in [1.165, 1.54) is 11.1 Å². The van der Waals surface area contributed by atoms with Gasteiger partial charge in [0.05, 0.1) is 24.2 Å². The molecular weight excluding hydrogens is 226 g/mol. The predicted molar refractivity (Wildman–Crippen MR) is 71.9 cm³/mol. The van der Waals surface area contributed by atoms with Crippen molar-refractivity contribution in [3.05, 3.63) is 29.1 Å². The quantitative estimate of drug-likeness (QED) is 0.847. The molecule has 2 N–H and O–H groups in total. The number of rotatable bonds is 2. The zero-order valence-corrected chi connectivity index (χ0v) is 10.9. The fourth-order valence-corrected chi connectivity index (χ4v) is 2.40. The van der Waals surface area contributed by atoms with Crippen LogP contribution in [0.5, 0.6) is 0 Å². The highest BCUT2D eigenvalue weighted by atomic mass is 16.5. The molecule has 1 aromatic carbocycles. The summed E-state index contributed by atoms with van der Waals surface area (Å²) in [7, 11) is 0. The predicted octanol–water partition coefficient (Wildman–Crippen LogP) is 1.71. The lowest BCUT2D eigenvalue weighted by Gasteiger charge is -2.22. The fourth-order valence-electron chi connectivity index (χ4n) is 2.40. The van der Waals surface area contributed by atoms with E-state index in [1.54, 1.807) is 0 Å². The third-order valence-corrected chi connectivity index (χ3v) is 3.58. The summed E-state index contributed by atoms with van der Waals surface area (Å²) in [6, 6.07) is 4.70. The first-order valence-electron chi connectivity index (χ1n) is 6.49. The highest BCUT2D eigenvalue weighted by Gasteiger charge is 2.15. The van der Waals surface area contributed by atoms with Crippen molar-refractivity contribution in [3.8, 4) is 0 Å². The van der Waals surface area contributed by atoms with E-state index in [0.717, 1.165) is 43.0 Å². The Morgan fingerprint density at radius 1 is 1.33 bits per heavy atom. The minimum Gasteiger partial charge on any atom is -0.379 e. The Hall–Kier alpha value is -1.39. The van der Waals surface area contributed by atoms with Crippen LogP contribution in [-0.2, 0) is 11.2 Å². The lowest BCUT2D eigenvalue weighted by Crippen LogP contribution is -2.42. The number of nitrogens with zero attached hydrogens (tertiary/aromatic N) is 1. The minimum absolute atomic E-state index is 0.376. The van der Waals surface area contributed by atoms with E-state index >= 15 is 0 Å². The standard InChI is InChI=1S/C14H19N3O/c1-9-5-12-13(6-10(9)2)17-14(16-12)7-11-8-18-4-3-15-11/h5-6,11,15H,3-4,7-8H2,1-2H3,(H,16,17). The lowest BCUT2D eigenvalue weighted by molar-refractivity contribution is 0.0765. The Kier molecular flexibility index (Phi) is 3.06. The molecule has 4 heteroatoms. The van der Waals surface area contributed by atoms with Gasteiger partial charge in [-0.05, 0) is 37.1 Å². The van der Waals surface area contributed by atoms with Gasteiger partial charge in [0, 0.05) is 19.0 Å². The molecule has 0 amide bonds. The normalized spacial score (nSPS) is 20.4. The SMILES string of the molecule is Cc1cc2nc(CC3COCCN3)[nH]c2cc1C. The van der Waals surface area contributed by atoms with Gasteiger partial charge >= 0.3 is 0 Å². The summed E-state index contributed by atoms with van der Waals surface area (Å²) >= 11 is 0. The van der Waals surface area contributed by atoms with E-state index in [2.05, 4.69) is 41.3 Å². The van der Waals surface area contributed by atoms with Gasteiger partial charge < -0.3 is 15.0 Å². The van der Waals surface area contributed by atoms with E-state index in [1.807, 2.05) is 0 Å². The molecule has 1 atom stereocenters. The first-order valence-corrected chi connectivity index (χ1v) is 6.49. The number of hydrogen-bond acceptors (Lipinski definition) is 3. The van der Waals surface area contributed by atoms with Crippen molar-refractivity contribution < 1.29 is 4.74 Å². The number of benzene rings is 1. The molecule has 2 heterocycles. The van der Waals surface area contributed by atoms with E-state index in [9.17, 15) is 0 Å². The zero-order chi connectivity index (χ0) is 12.5. The molecule has 0 radical (unpaired) electrons. The van der Waals surface area contributed by atoms with Gasteiger partial charge in [0.15, 0.2) is 0 Å². The minimum atomic E-state index is 0.376.